The molecule has 30 heavy (non-hydrogen) atoms. The van der Waals surface area contributed by atoms with Crippen LogP contribution in [0.2, 0.25) is 0 Å². The molecule has 3 heterocycles. The Balaban J connectivity index is 1.45. The van der Waals surface area contributed by atoms with Gasteiger partial charge in [-0.25, -0.2) is 0 Å². The molecule has 0 aliphatic carbocycles. The summed E-state index contributed by atoms with van der Waals surface area (Å²) >= 11 is 0. The van der Waals surface area contributed by atoms with E-state index in [-0.39, 0.29) is 18.7 Å². The molecule has 0 radical (unpaired) electrons. The van der Waals surface area contributed by atoms with Crippen LogP contribution in [-0.2, 0) is 22.6 Å². The number of aryl methyl sites for hydroxylation is 2. The first-order chi connectivity index (χ1) is 14.5. The monoisotopic (exact) mass is 404 g/mol. The van der Waals surface area contributed by atoms with Crippen LogP contribution in [0.1, 0.15) is 57.5 Å². The zero-order chi connectivity index (χ0) is 21.3. The van der Waals surface area contributed by atoms with Crippen LogP contribution in [0.15, 0.2) is 30.6 Å². The van der Waals surface area contributed by atoms with Crippen LogP contribution in [0.3, 0.4) is 0 Å². The van der Waals surface area contributed by atoms with Crippen LogP contribution in [0.5, 0.6) is 0 Å². The lowest BCUT2D eigenvalue weighted by Gasteiger charge is -2.27. The lowest BCUT2D eigenvalue weighted by Crippen LogP contribution is -2.54. The number of nitrogens with one attached hydrogen (secondary N) is 1. The topological polar surface area (TPSA) is 101 Å². The van der Waals surface area contributed by atoms with Crippen LogP contribution in [0.4, 0.5) is 0 Å². The summed E-state index contributed by atoms with van der Waals surface area (Å²) in [6.45, 7) is 0.700. The number of hydrogen-bond acceptors (Lipinski definition) is 5. The van der Waals surface area contributed by atoms with Gasteiger partial charge < -0.3 is 0 Å². The third-order valence-electron chi connectivity index (χ3n) is 5.44. The van der Waals surface area contributed by atoms with Crippen LogP contribution >= 0.6 is 0 Å². The lowest BCUT2D eigenvalue weighted by atomic mass is 9.98. The number of carbonyl (C=O) groups excluding carboxylic acids is 4. The maximum absolute atomic E-state index is 13.1. The number of aromatic nitrogens is 2. The minimum atomic E-state index is -0.951. The molecule has 4 amide bonds. The van der Waals surface area contributed by atoms with Crippen molar-refractivity contribution in [3.05, 3.63) is 52.8 Å². The van der Waals surface area contributed by atoms with Crippen molar-refractivity contribution in [3.8, 4) is 12.3 Å². The summed E-state index contributed by atoms with van der Waals surface area (Å²) < 4.78 is 1.78. The molecule has 1 atom stereocenters. The number of hydrogen-bond donors (Lipinski definition) is 1. The second-order valence-corrected chi connectivity index (χ2v) is 7.38. The second kappa shape index (κ2) is 7.95. The number of rotatable bonds is 6. The summed E-state index contributed by atoms with van der Waals surface area (Å²) in [5, 5.41) is 6.40. The van der Waals surface area contributed by atoms with Crippen LogP contribution < -0.4 is 5.32 Å². The summed E-state index contributed by atoms with van der Waals surface area (Å²) in [5.74, 6) is 0.592. The van der Waals surface area contributed by atoms with Crippen molar-refractivity contribution in [2.45, 2.75) is 44.7 Å². The molecule has 0 saturated carbocycles. The minimum absolute atomic E-state index is 0.103. The number of carbonyl (C=O) groups is 4. The molecule has 8 heteroatoms. The highest BCUT2D eigenvalue weighted by Gasteiger charge is 2.45. The molecule has 1 aromatic heterocycles. The summed E-state index contributed by atoms with van der Waals surface area (Å²) in [5.41, 5.74) is 2.19. The number of fused-ring (bicyclic) bond motifs is 1. The Morgan fingerprint density at radius 1 is 1.17 bits per heavy atom. The van der Waals surface area contributed by atoms with Crippen molar-refractivity contribution < 1.29 is 19.2 Å². The average Bonchev–Trinajstić information content (AvgIpc) is 3.29. The van der Waals surface area contributed by atoms with Crippen LogP contribution in [0.25, 0.3) is 0 Å². The molecule has 1 saturated heterocycles. The van der Waals surface area contributed by atoms with E-state index in [0.29, 0.717) is 24.1 Å². The first-order valence-corrected chi connectivity index (χ1v) is 9.82. The van der Waals surface area contributed by atoms with E-state index >= 15 is 0 Å². The second-order valence-electron chi connectivity index (χ2n) is 7.38. The van der Waals surface area contributed by atoms with E-state index in [1.807, 2.05) is 6.07 Å². The fourth-order valence-electron chi connectivity index (χ4n) is 3.94. The van der Waals surface area contributed by atoms with E-state index in [2.05, 4.69) is 16.3 Å². The Kier molecular flexibility index (Phi) is 5.19. The van der Waals surface area contributed by atoms with E-state index in [9.17, 15) is 19.2 Å². The van der Waals surface area contributed by atoms with Gasteiger partial charge in [0.15, 0.2) is 0 Å². The Labute approximate surface area is 173 Å². The van der Waals surface area contributed by atoms with Gasteiger partial charge in [0.2, 0.25) is 11.8 Å². The van der Waals surface area contributed by atoms with Crippen molar-refractivity contribution in [2.24, 2.45) is 0 Å². The third kappa shape index (κ3) is 3.50. The largest absolute Gasteiger partial charge is 0.295 e. The molecule has 2 aliphatic rings. The van der Waals surface area contributed by atoms with E-state index in [0.717, 1.165) is 28.9 Å². The minimum Gasteiger partial charge on any atom is -0.295 e. The number of imide groups is 2. The van der Waals surface area contributed by atoms with Crippen LogP contribution in [0, 0.1) is 12.3 Å². The van der Waals surface area contributed by atoms with Gasteiger partial charge in [0.25, 0.3) is 11.8 Å². The van der Waals surface area contributed by atoms with Crippen molar-refractivity contribution >= 4 is 23.6 Å². The SMILES string of the molecule is C#Cc1cnn(CCCCc2cccc3c2C(=O)N(C2CCC(=O)NC2=O)C3=O)c1. The van der Waals surface area contributed by atoms with Gasteiger partial charge >= 0.3 is 0 Å². The van der Waals surface area contributed by atoms with E-state index in [1.165, 1.54) is 0 Å². The summed E-state index contributed by atoms with van der Waals surface area (Å²) in [7, 11) is 0. The van der Waals surface area contributed by atoms with Gasteiger partial charge in [-0.3, -0.25) is 34.1 Å². The third-order valence-corrected chi connectivity index (χ3v) is 5.44. The van der Waals surface area contributed by atoms with E-state index in [4.69, 9.17) is 6.42 Å². The zero-order valence-electron chi connectivity index (χ0n) is 16.3. The van der Waals surface area contributed by atoms with Gasteiger partial charge in [-0.05, 0) is 37.3 Å². The molecule has 4 rings (SSSR count). The van der Waals surface area contributed by atoms with Crippen molar-refractivity contribution in [2.75, 3.05) is 0 Å². The smallest absolute Gasteiger partial charge is 0.262 e. The summed E-state index contributed by atoms with van der Waals surface area (Å²) in [6.07, 6.45) is 11.3. The zero-order valence-corrected chi connectivity index (χ0v) is 16.3. The molecule has 1 unspecified atom stereocenters. The van der Waals surface area contributed by atoms with Crippen LogP contribution in [-0.4, -0.2) is 44.4 Å². The number of unbranched alkanes of at least 4 members (excludes halogenated alkanes) is 1. The van der Waals surface area contributed by atoms with Crippen molar-refractivity contribution in [1.29, 1.82) is 0 Å². The standard InChI is InChI=1S/C22H20N4O4/c1-2-14-12-23-25(13-14)11-4-3-6-15-7-5-8-16-19(15)22(30)26(21(16)29)17-9-10-18(27)24-20(17)28/h1,5,7-8,12-13,17H,3-4,6,9-11H2,(H,24,27,28). The van der Waals surface area contributed by atoms with Gasteiger partial charge in [-0.2, -0.15) is 5.10 Å². The first kappa shape index (κ1) is 19.6. The number of benzene rings is 1. The Bertz CT molecular complexity index is 1090. The number of piperidine rings is 1. The highest BCUT2D eigenvalue weighted by atomic mass is 16.2. The molecular weight excluding hydrogens is 384 g/mol. The van der Waals surface area contributed by atoms with Gasteiger partial charge in [-0.1, -0.05) is 18.1 Å². The fraction of sp³-hybridized carbons (Fsp3) is 0.318. The Hall–Kier alpha value is -3.73. The molecule has 1 fully saturated rings. The molecule has 0 spiro atoms. The van der Waals surface area contributed by atoms with E-state index < -0.39 is 23.8 Å². The Morgan fingerprint density at radius 2 is 2.00 bits per heavy atom. The molecule has 1 N–H and O–H groups in total. The predicted molar refractivity (Wildman–Crippen MR) is 106 cm³/mol. The summed E-state index contributed by atoms with van der Waals surface area (Å²) in [4.78, 5) is 50.5. The lowest BCUT2D eigenvalue weighted by molar-refractivity contribution is -0.136. The fourth-order valence-corrected chi connectivity index (χ4v) is 3.94. The van der Waals surface area contributed by atoms with Gasteiger partial charge in [0.05, 0.1) is 22.9 Å². The molecule has 1 aromatic carbocycles. The van der Waals surface area contributed by atoms with E-state index in [1.54, 1.807) is 29.2 Å². The molecule has 0 bridgehead atoms. The number of terminal acetylenes is 1. The molecule has 8 nitrogen and oxygen atoms in total. The molecule has 2 aromatic rings. The molecule has 2 aliphatic heterocycles. The highest BCUT2D eigenvalue weighted by Crippen LogP contribution is 2.30. The normalized spacial score (nSPS) is 18.4. The van der Waals surface area contributed by atoms with Gasteiger partial charge in [0, 0.05) is 19.2 Å². The maximum atomic E-state index is 13.1. The highest BCUT2D eigenvalue weighted by molar-refractivity contribution is 6.24. The summed E-state index contributed by atoms with van der Waals surface area (Å²) in [6, 6.07) is 4.24. The number of nitrogens with zero attached hydrogens (tertiary/aromatic N) is 3. The Morgan fingerprint density at radius 3 is 2.73 bits per heavy atom. The number of amides is 4. The van der Waals surface area contributed by atoms with Gasteiger partial charge in [-0.15, -0.1) is 6.42 Å². The maximum Gasteiger partial charge on any atom is 0.262 e. The van der Waals surface area contributed by atoms with Crippen molar-refractivity contribution in [3.63, 3.8) is 0 Å². The quantitative estimate of drug-likeness (QED) is 0.444. The van der Waals surface area contributed by atoms with Crippen molar-refractivity contribution in [1.82, 2.24) is 20.0 Å². The first-order valence-electron chi connectivity index (χ1n) is 9.82. The predicted octanol–water partition coefficient (Wildman–Crippen LogP) is 1.29. The average molecular weight is 404 g/mol. The molecular formula is C22H20N4O4. The van der Waals surface area contributed by atoms with Gasteiger partial charge in [0.1, 0.15) is 6.04 Å². The molecule has 152 valence electrons.